The molecule has 0 unspecified atom stereocenters. The minimum absolute atomic E-state index is 0.0237. The van der Waals surface area contributed by atoms with Crippen LogP contribution in [0.25, 0.3) is 11.1 Å². The van der Waals surface area contributed by atoms with E-state index in [1.807, 2.05) is 54.6 Å². The summed E-state index contributed by atoms with van der Waals surface area (Å²) in [7, 11) is 0. The van der Waals surface area contributed by atoms with Crippen LogP contribution in [0, 0.1) is 5.92 Å². The van der Waals surface area contributed by atoms with Crippen molar-refractivity contribution in [3.05, 3.63) is 95.6 Å². The summed E-state index contributed by atoms with van der Waals surface area (Å²) in [4.78, 5) is 26.5. The fourth-order valence-electron chi connectivity index (χ4n) is 5.00. The monoisotopic (exact) mass is 413 g/mol. The second-order valence-electron chi connectivity index (χ2n) is 8.09. The summed E-state index contributed by atoms with van der Waals surface area (Å²) in [5.74, 6) is -1.55. The van der Waals surface area contributed by atoms with Crippen LogP contribution in [0.15, 0.2) is 78.9 Å². The summed E-state index contributed by atoms with van der Waals surface area (Å²) in [5.41, 5.74) is 5.48. The van der Waals surface area contributed by atoms with Crippen molar-refractivity contribution in [2.75, 3.05) is 13.2 Å². The van der Waals surface area contributed by atoms with E-state index in [4.69, 9.17) is 4.74 Å². The number of rotatable bonds is 4. The van der Waals surface area contributed by atoms with Crippen molar-refractivity contribution in [3.63, 3.8) is 0 Å². The third kappa shape index (κ3) is 3.36. The van der Waals surface area contributed by atoms with E-state index in [1.165, 1.54) is 11.1 Å². The molecule has 0 saturated carbocycles. The molecule has 2 atom stereocenters. The van der Waals surface area contributed by atoms with Crippen molar-refractivity contribution >= 4 is 12.1 Å². The number of benzene rings is 3. The zero-order valence-electron chi connectivity index (χ0n) is 17.0. The van der Waals surface area contributed by atoms with Gasteiger partial charge in [-0.25, -0.2) is 4.79 Å². The first-order chi connectivity index (χ1) is 15.1. The van der Waals surface area contributed by atoms with Crippen LogP contribution in [-0.2, 0) is 9.53 Å². The smallest absolute Gasteiger partial charge is 0.410 e. The van der Waals surface area contributed by atoms with Gasteiger partial charge in [0.25, 0.3) is 0 Å². The maximum Gasteiger partial charge on any atom is 0.410 e. The molecule has 5 heteroatoms. The van der Waals surface area contributed by atoms with Crippen LogP contribution in [0.5, 0.6) is 0 Å². The number of carbonyl (C=O) groups excluding carboxylic acids is 1. The van der Waals surface area contributed by atoms with Crippen LogP contribution in [0.4, 0.5) is 4.79 Å². The lowest BCUT2D eigenvalue weighted by atomic mass is 9.94. The minimum Gasteiger partial charge on any atom is -0.481 e. The highest BCUT2D eigenvalue weighted by atomic mass is 16.6. The molecule has 1 N–H and O–H groups in total. The second kappa shape index (κ2) is 7.91. The number of carboxylic acid groups (broad SMARTS) is 1. The molecule has 5 nitrogen and oxygen atoms in total. The van der Waals surface area contributed by atoms with Crippen LogP contribution in [0.2, 0.25) is 0 Å². The summed E-state index contributed by atoms with van der Waals surface area (Å²) in [5, 5.41) is 9.69. The third-order valence-corrected chi connectivity index (χ3v) is 6.43. The zero-order valence-corrected chi connectivity index (χ0v) is 17.0. The molecule has 1 amide bonds. The number of hydrogen-bond acceptors (Lipinski definition) is 3. The molecular formula is C26H23NO4. The summed E-state index contributed by atoms with van der Waals surface area (Å²) >= 11 is 0. The number of amides is 1. The number of aliphatic carboxylic acids is 1. The van der Waals surface area contributed by atoms with E-state index in [1.54, 1.807) is 4.90 Å². The molecule has 2 aliphatic rings. The SMILES string of the molecule is O=C(O)[C@@H]1CCN(C(=O)OCC2c3ccccc3-c3ccccc32)[C@@H]1c1ccccc1. The maximum atomic E-state index is 13.1. The Kier molecular flexibility index (Phi) is 4.94. The largest absolute Gasteiger partial charge is 0.481 e. The normalized spacial score (nSPS) is 19.7. The van der Waals surface area contributed by atoms with Crippen molar-refractivity contribution < 1.29 is 19.4 Å². The van der Waals surface area contributed by atoms with E-state index in [-0.39, 0.29) is 12.5 Å². The fourth-order valence-corrected chi connectivity index (χ4v) is 5.00. The Morgan fingerprint density at radius 1 is 0.871 bits per heavy atom. The Morgan fingerprint density at radius 2 is 1.45 bits per heavy atom. The van der Waals surface area contributed by atoms with Crippen LogP contribution in [0.1, 0.15) is 35.1 Å². The van der Waals surface area contributed by atoms with Crippen LogP contribution in [0.3, 0.4) is 0 Å². The lowest BCUT2D eigenvalue weighted by Gasteiger charge is -2.27. The fraction of sp³-hybridized carbons (Fsp3) is 0.231. The molecule has 5 rings (SSSR count). The van der Waals surface area contributed by atoms with Gasteiger partial charge in [-0.05, 0) is 34.2 Å². The Hall–Kier alpha value is -3.60. The maximum absolute atomic E-state index is 13.1. The first kappa shape index (κ1) is 19.4. The van der Waals surface area contributed by atoms with Crippen molar-refractivity contribution in [1.29, 1.82) is 0 Å². The first-order valence-electron chi connectivity index (χ1n) is 10.5. The minimum atomic E-state index is -0.886. The number of fused-ring (bicyclic) bond motifs is 3. The van der Waals surface area contributed by atoms with Gasteiger partial charge in [0.2, 0.25) is 0 Å². The van der Waals surface area contributed by atoms with Crippen molar-refractivity contribution in [3.8, 4) is 11.1 Å². The molecule has 3 aromatic carbocycles. The van der Waals surface area contributed by atoms with E-state index in [2.05, 4.69) is 24.3 Å². The zero-order chi connectivity index (χ0) is 21.4. The van der Waals surface area contributed by atoms with Gasteiger partial charge in [0.1, 0.15) is 6.61 Å². The van der Waals surface area contributed by atoms with Gasteiger partial charge in [0.15, 0.2) is 0 Å². The molecule has 1 aliphatic heterocycles. The second-order valence-corrected chi connectivity index (χ2v) is 8.09. The highest BCUT2D eigenvalue weighted by molar-refractivity contribution is 5.79. The van der Waals surface area contributed by atoms with Crippen molar-refractivity contribution in [2.45, 2.75) is 18.4 Å². The van der Waals surface area contributed by atoms with E-state index in [0.717, 1.165) is 16.7 Å². The van der Waals surface area contributed by atoms with E-state index in [9.17, 15) is 14.7 Å². The molecular weight excluding hydrogens is 390 g/mol. The average Bonchev–Trinajstić information content (AvgIpc) is 3.38. The molecule has 3 aromatic rings. The molecule has 0 spiro atoms. The van der Waals surface area contributed by atoms with E-state index in [0.29, 0.717) is 13.0 Å². The molecule has 0 radical (unpaired) electrons. The molecule has 1 aliphatic carbocycles. The molecule has 0 aromatic heterocycles. The van der Waals surface area contributed by atoms with Crippen LogP contribution >= 0.6 is 0 Å². The lowest BCUT2D eigenvalue weighted by molar-refractivity contribution is -0.142. The summed E-state index contributed by atoms with van der Waals surface area (Å²) in [6, 6.07) is 25.2. The predicted octanol–water partition coefficient (Wildman–Crippen LogP) is 5.08. The third-order valence-electron chi connectivity index (χ3n) is 6.43. The molecule has 1 saturated heterocycles. The Bertz CT molecular complexity index is 1080. The van der Waals surface area contributed by atoms with E-state index >= 15 is 0 Å². The number of hydrogen-bond donors (Lipinski definition) is 1. The molecule has 156 valence electrons. The first-order valence-corrected chi connectivity index (χ1v) is 10.5. The van der Waals surface area contributed by atoms with Gasteiger partial charge in [0, 0.05) is 12.5 Å². The number of carbonyl (C=O) groups is 2. The predicted molar refractivity (Wildman–Crippen MR) is 117 cm³/mol. The highest BCUT2D eigenvalue weighted by Crippen LogP contribution is 2.45. The van der Waals surface area contributed by atoms with Crippen molar-refractivity contribution in [2.24, 2.45) is 5.92 Å². The Balaban J connectivity index is 1.38. The van der Waals surface area contributed by atoms with E-state index < -0.39 is 24.0 Å². The van der Waals surface area contributed by atoms with Gasteiger partial charge in [-0.1, -0.05) is 78.9 Å². The summed E-state index contributed by atoms with van der Waals surface area (Å²) < 4.78 is 5.80. The van der Waals surface area contributed by atoms with Gasteiger partial charge in [0.05, 0.1) is 12.0 Å². The van der Waals surface area contributed by atoms with Crippen LogP contribution < -0.4 is 0 Å². The molecule has 1 fully saturated rings. The quantitative estimate of drug-likeness (QED) is 0.647. The highest BCUT2D eigenvalue weighted by Gasteiger charge is 2.43. The number of likely N-dealkylation sites (tertiary alicyclic amines) is 1. The van der Waals surface area contributed by atoms with Crippen molar-refractivity contribution in [1.82, 2.24) is 4.90 Å². The standard InChI is InChI=1S/C26H23NO4/c28-25(29)22-14-15-27(24(22)17-8-2-1-3-9-17)26(30)31-16-23-20-12-6-4-10-18(20)19-11-5-7-13-21(19)23/h1-13,22-24H,14-16H2,(H,28,29)/t22-,24-/m1/s1. The molecule has 1 heterocycles. The van der Waals surface area contributed by atoms with Crippen LogP contribution in [-0.4, -0.2) is 35.2 Å². The Labute approximate surface area is 180 Å². The topological polar surface area (TPSA) is 66.8 Å². The average molecular weight is 413 g/mol. The van der Waals surface area contributed by atoms with Gasteiger partial charge in [-0.15, -0.1) is 0 Å². The molecule has 31 heavy (non-hydrogen) atoms. The van der Waals surface area contributed by atoms with Gasteiger partial charge in [-0.3, -0.25) is 4.79 Å². The van der Waals surface area contributed by atoms with Gasteiger partial charge in [-0.2, -0.15) is 0 Å². The van der Waals surface area contributed by atoms with Gasteiger partial charge >= 0.3 is 12.1 Å². The summed E-state index contributed by atoms with van der Waals surface area (Å²) in [6.07, 6.45) is -0.0431. The summed E-state index contributed by atoms with van der Waals surface area (Å²) in [6.45, 7) is 0.593. The Morgan fingerprint density at radius 3 is 2.06 bits per heavy atom. The molecule has 0 bridgehead atoms. The number of carboxylic acids is 1. The lowest BCUT2D eigenvalue weighted by Crippen LogP contribution is -2.34. The van der Waals surface area contributed by atoms with Gasteiger partial charge < -0.3 is 14.7 Å². The number of ether oxygens (including phenoxy) is 1. The number of nitrogens with zero attached hydrogens (tertiary/aromatic N) is 1.